The number of nitrogens with one attached hydrogen (secondary N) is 1. The standard InChI is InChI=1S/C16H18N4O6/c1-4-25-11-5-6-13(14(7-11)20(23)24)18-15(21)9-26-16(22)12-8-17-19(3)10(12)2/h5-8H,4,9H2,1-3H3,(H,18,21). The Morgan fingerprint density at radius 2 is 2.12 bits per heavy atom. The minimum absolute atomic E-state index is 0.0166. The third-order valence-corrected chi connectivity index (χ3v) is 3.54. The van der Waals surface area contributed by atoms with Gasteiger partial charge in [-0.3, -0.25) is 19.6 Å². The molecule has 10 heteroatoms. The number of nitrogens with zero attached hydrogens (tertiary/aromatic N) is 3. The summed E-state index contributed by atoms with van der Waals surface area (Å²) >= 11 is 0. The third kappa shape index (κ3) is 4.35. The van der Waals surface area contributed by atoms with Crippen molar-refractivity contribution < 1.29 is 24.0 Å². The van der Waals surface area contributed by atoms with Crippen molar-refractivity contribution in [3.05, 3.63) is 45.8 Å². The van der Waals surface area contributed by atoms with Crippen LogP contribution in [0.15, 0.2) is 24.4 Å². The SMILES string of the molecule is CCOc1ccc(NC(=O)COC(=O)c2cnn(C)c2C)c([N+](=O)[O-])c1. The molecule has 0 spiro atoms. The molecule has 0 aliphatic rings. The van der Waals surface area contributed by atoms with Crippen molar-refractivity contribution in [1.82, 2.24) is 9.78 Å². The van der Waals surface area contributed by atoms with Gasteiger partial charge in [-0.25, -0.2) is 4.79 Å². The molecule has 0 bridgehead atoms. The lowest BCUT2D eigenvalue weighted by Gasteiger charge is -2.09. The largest absolute Gasteiger partial charge is 0.494 e. The molecule has 1 aromatic heterocycles. The molecule has 0 saturated heterocycles. The molecule has 1 heterocycles. The highest BCUT2D eigenvalue weighted by Gasteiger charge is 2.19. The normalized spacial score (nSPS) is 10.3. The van der Waals surface area contributed by atoms with Crippen LogP contribution >= 0.6 is 0 Å². The summed E-state index contributed by atoms with van der Waals surface area (Å²) in [5.74, 6) is -1.09. The summed E-state index contributed by atoms with van der Waals surface area (Å²) in [7, 11) is 1.67. The van der Waals surface area contributed by atoms with Gasteiger partial charge in [0.05, 0.1) is 23.8 Å². The van der Waals surface area contributed by atoms with Crippen molar-refractivity contribution in [1.29, 1.82) is 0 Å². The van der Waals surface area contributed by atoms with Crippen molar-refractivity contribution in [2.24, 2.45) is 7.05 Å². The quantitative estimate of drug-likeness (QED) is 0.452. The van der Waals surface area contributed by atoms with Crippen LogP contribution in [0.25, 0.3) is 0 Å². The topological polar surface area (TPSA) is 126 Å². The fourth-order valence-electron chi connectivity index (χ4n) is 2.12. The smallest absolute Gasteiger partial charge is 0.342 e. The van der Waals surface area contributed by atoms with E-state index >= 15 is 0 Å². The lowest BCUT2D eigenvalue weighted by molar-refractivity contribution is -0.384. The van der Waals surface area contributed by atoms with E-state index in [0.717, 1.165) is 0 Å². The van der Waals surface area contributed by atoms with Crippen molar-refractivity contribution in [3.8, 4) is 5.75 Å². The van der Waals surface area contributed by atoms with Crippen LogP contribution in [-0.2, 0) is 16.6 Å². The Morgan fingerprint density at radius 3 is 2.69 bits per heavy atom. The fraction of sp³-hybridized carbons (Fsp3) is 0.312. The van der Waals surface area contributed by atoms with Gasteiger partial charge in [-0.05, 0) is 26.0 Å². The van der Waals surface area contributed by atoms with Gasteiger partial charge in [-0.15, -0.1) is 0 Å². The monoisotopic (exact) mass is 362 g/mol. The molecule has 0 aliphatic heterocycles. The van der Waals surface area contributed by atoms with E-state index in [9.17, 15) is 19.7 Å². The number of nitro benzene ring substituents is 1. The Balaban J connectivity index is 2.02. The zero-order valence-electron chi connectivity index (χ0n) is 14.5. The van der Waals surface area contributed by atoms with Crippen molar-refractivity contribution in [2.75, 3.05) is 18.5 Å². The van der Waals surface area contributed by atoms with Gasteiger partial charge in [0.2, 0.25) is 0 Å². The minimum Gasteiger partial charge on any atom is -0.494 e. The van der Waals surface area contributed by atoms with E-state index in [1.807, 2.05) is 0 Å². The van der Waals surface area contributed by atoms with Crippen molar-refractivity contribution in [3.63, 3.8) is 0 Å². The molecular formula is C16H18N4O6. The molecule has 0 fully saturated rings. The summed E-state index contributed by atoms with van der Waals surface area (Å²) in [5.41, 5.74) is 0.501. The minimum atomic E-state index is -0.702. The number of esters is 1. The van der Waals surface area contributed by atoms with Crippen LogP contribution in [0, 0.1) is 17.0 Å². The number of nitro groups is 1. The van der Waals surface area contributed by atoms with Crippen LogP contribution in [0.2, 0.25) is 0 Å². The molecule has 2 rings (SSSR count). The Labute approximate surface area is 148 Å². The molecule has 2 aromatic rings. The Bertz CT molecular complexity index is 845. The number of aryl methyl sites for hydroxylation is 1. The Kier molecular flexibility index (Phi) is 5.89. The number of anilines is 1. The average Bonchev–Trinajstić information content (AvgIpc) is 2.93. The molecule has 0 aliphatic carbocycles. The lowest BCUT2D eigenvalue weighted by atomic mass is 10.2. The lowest BCUT2D eigenvalue weighted by Crippen LogP contribution is -2.21. The van der Waals surface area contributed by atoms with Gasteiger partial charge < -0.3 is 14.8 Å². The number of ether oxygens (including phenoxy) is 2. The Morgan fingerprint density at radius 1 is 1.38 bits per heavy atom. The molecule has 26 heavy (non-hydrogen) atoms. The first-order valence-corrected chi connectivity index (χ1v) is 7.70. The second-order valence-electron chi connectivity index (χ2n) is 5.26. The molecule has 138 valence electrons. The number of aromatic nitrogens is 2. The maximum Gasteiger partial charge on any atom is 0.342 e. The van der Waals surface area contributed by atoms with E-state index in [4.69, 9.17) is 9.47 Å². The molecule has 1 amide bonds. The van der Waals surface area contributed by atoms with E-state index in [1.165, 1.54) is 29.1 Å². The Hall–Kier alpha value is -3.43. The van der Waals surface area contributed by atoms with Gasteiger partial charge >= 0.3 is 5.97 Å². The third-order valence-electron chi connectivity index (χ3n) is 3.54. The number of amides is 1. The first kappa shape index (κ1) is 18.9. The number of benzene rings is 1. The molecular weight excluding hydrogens is 344 g/mol. The molecule has 0 atom stereocenters. The predicted octanol–water partition coefficient (Wildman–Crippen LogP) is 1.83. The molecule has 1 N–H and O–H groups in total. The van der Waals surface area contributed by atoms with Crippen LogP contribution in [0.1, 0.15) is 23.0 Å². The highest BCUT2D eigenvalue weighted by molar-refractivity contribution is 5.97. The van der Waals surface area contributed by atoms with Gasteiger partial charge in [0, 0.05) is 12.7 Å². The molecule has 10 nitrogen and oxygen atoms in total. The number of carbonyl (C=O) groups excluding carboxylic acids is 2. The number of hydrogen-bond acceptors (Lipinski definition) is 7. The second kappa shape index (κ2) is 8.10. The summed E-state index contributed by atoms with van der Waals surface area (Å²) in [4.78, 5) is 34.4. The first-order valence-electron chi connectivity index (χ1n) is 7.70. The van der Waals surface area contributed by atoms with Crippen molar-refractivity contribution >= 4 is 23.3 Å². The van der Waals surface area contributed by atoms with Gasteiger partial charge in [-0.2, -0.15) is 5.10 Å². The van der Waals surface area contributed by atoms with Gasteiger partial charge in [0.25, 0.3) is 11.6 Å². The van der Waals surface area contributed by atoms with E-state index in [2.05, 4.69) is 10.4 Å². The van der Waals surface area contributed by atoms with E-state index < -0.39 is 23.4 Å². The van der Waals surface area contributed by atoms with E-state index in [0.29, 0.717) is 18.1 Å². The van der Waals surface area contributed by atoms with E-state index in [-0.39, 0.29) is 16.9 Å². The van der Waals surface area contributed by atoms with Crippen LogP contribution in [0.5, 0.6) is 5.75 Å². The average molecular weight is 362 g/mol. The molecule has 0 saturated carbocycles. The summed E-state index contributed by atoms with van der Waals surface area (Å²) in [6, 6.07) is 4.06. The van der Waals surface area contributed by atoms with Gasteiger partial charge in [0.15, 0.2) is 6.61 Å². The number of hydrogen-bond donors (Lipinski definition) is 1. The summed E-state index contributed by atoms with van der Waals surface area (Å²) in [6.45, 7) is 3.21. The number of rotatable bonds is 7. The van der Waals surface area contributed by atoms with Crippen LogP contribution in [-0.4, -0.2) is 39.8 Å². The zero-order chi connectivity index (χ0) is 19.3. The van der Waals surface area contributed by atoms with Crippen LogP contribution < -0.4 is 10.1 Å². The number of carbonyl (C=O) groups is 2. The van der Waals surface area contributed by atoms with Gasteiger partial charge in [-0.1, -0.05) is 0 Å². The van der Waals surface area contributed by atoms with Crippen LogP contribution in [0.3, 0.4) is 0 Å². The summed E-state index contributed by atoms with van der Waals surface area (Å²) < 4.78 is 11.6. The summed E-state index contributed by atoms with van der Waals surface area (Å²) in [5, 5.41) is 17.4. The maximum absolute atomic E-state index is 12.0. The maximum atomic E-state index is 12.0. The highest BCUT2D eigenvalue weighted by atomic mass is 16.6. The zero-order valence-corrected chi connectivity index (χ0v) is 14.5. The van der Waals surface area contributed by atoms with Gasteiger partial charge in [0.1, 0.15) is 17.0 Å². The fourth-order valence-corrected chi connectivity index (χ4v) is 2.12. The first-order chi connectivity index (χ1) is 12.3. The van der Waals surface area contributed by atoms with Crippen molar-refractivity contribution in [2.45, 2.75) is 13.8 Å². The van der Waals surface area contributed by atoms with E-state index in [1.54, 1.807) is 20.9 Å². The summed E-state index contributed by atoms with van der Waals surface area (Å²) in [6.07, 6.45) is 1.34. The van der Waals surface area contributed by atoms with Crippen LogP contribution in [0.4, 0.5) is 11.4 Å². The molecule has 0 unspecified atom stereocenters. The highest BCUT2D eigenvalue weighted by Crippen LogP contribution is 2.29. The molecule has 1 aromatic carbocycles. The second-order valence-corrected chi connectivity index (χ2v) is 5.26. The predicted molar refractivity (Wildman–Crippen MR) is 91.1 cm³/mol. The molecule has 0 radical (unpaired) electrons.